The fraction of sp³-hybridized carbons (Fsp3) is 0.583. The second-order valence-electron chi connectivity index (χ2n) is 4.95. The molecule has 1 aromatic rings. The molecule has 8 heteroatoms. The number of halogens is 1. The van der Waals surface area contributed by atoms with Crippen molar-refractivity contribution in [3.63, 3.8) is 0 Å². The van der Waals surface area contributed by atoms with E-state index in [4.69, 9.17) is 16.3 Å². The zero-order chi connectivity index (χ0) is 14.8. The highest BCUT2D eigenvalue weighted by molar-refractivity contribution is 6.33. The Balaban J connectivity index is 2.12. The first-order valence-electron chi connectivity index (χ1n) is 6.22. The minimum atomic E-state index is -0.847. The van der Waals surface area contributed by atoms with E-state index >= 15 is 0 Å². The van der Waals surface area contributed by atoms with Crippen LogP contribution in [-0.4, -0.2) is 47.4 Å². The first-order valence-corrected chi connectivity index (χ1v) is 6.60. The summed E-state index contributed by atoms with van der Waals surface area (Å²) in [5, 5.41) is 21.3. The number of hydrogen-bond donors (Lipinski definition) is 1. The number of ether oxygens (including phenoxy) is 1. The van der Waals surface area contributed by atoms with Gasteiger partial charge in [-0.2, -0.15) is 0 Å². The van der Waals surface area contributed by atoms with Crippen molar-refractivity contribution in [3.05, 3.63) is 27.4 Å². The van der Waals surface area contributed by atoms with E-state index in [0.717, 1.165) is 6.20 Å². The minimum Gasteiger partial charge on any atom is -0.388 e. The standard InChI is InChI=1S/C12H16ClN3O4/c1-15(8-12(17)2-4-20-5-3-12)11-10(13)6-9(7-14-11)16(18)19/h6-7,17H,2-5,8H2,1H3. The maximum atomic E-state index is 10.6. The Labute approximate surface area is 121 Å². The van der Waals surface area contributed by atoms with E-state index < -0.39 is 10.5 Å². The molecule has 20 heavy (non-hydrogen) atoms. The number of aromatic nitrogens is 1. The number of anilines is 1. The molecule has 1 saturated heterocycles. The molecular weight excluding hydrogens is 286 g/mol. The maximum absolute atomic E-state index is 10.6. The molecule has 110 valence electrons. The second kappa shape index (κ2) is 5.90. The number of likely N-dealkylation sites (N-methyl/N-ethyl adjacent to an activating group) is 1. The molecule has 0 atom stereocenters. The van der Waals surface area contributed by atoms with Crippen LogP contribution in [0, 0.1) is 10.1 Å². The molecule has 0 aliphatic carbocycles. The lowest BCUT2D eigenvalue weighted by atomic mass is 9.94. The molecule has 0 spiro atoms. The molecule has 1 aliphatic rings. The number of aliphatic hydroxyl groups is 1. The molecule has 1 fully saturated rings. The van der Waals surface area contributed by atoms with Crippen LogP contribution in [0.25, 0.3) is 0 Å². The molecule has 0 radical (unpaired) electrons. The third-order valence-electron chi connectivity index (χ3n) is 3.33. The topological polar surface area (TPSA) is 88.7 Å². The van der Waals surface area contributed by atoms with Gasteiger partial charge in [0, 0.05) is 45.7 Å². The van der Waals surface area contributed by atoms with E-state index in [0.29, 0.717) is 38.4 Å². The van der Waals surface area contributed by atoms with Gasteiger partial charge in [-0.05, 0) is 0 Å². The summed E-state index contributed by atoms with van der Waals surface area (Å²) >= 11 is 6.02. The highest BCUT2D eigenvalue weighted by Gasteiger charge is 2.32. The van der Waals surface area contributed by atoms with Crippen LogP contribution in [0.1, 0.15) is 12.8 Å². The zero-order valence-electron chi connectivity index (χ0n) is 11.1. The Morgan fingerprint density at radius 2 is 2.25 bits per heavy atom. The molecule has 0 aromatic carbocycles. The Hall–Kier alpha value is -1.44. The van der Waals surface area contributed by atoms with Gasteiger partial charge in [0.2, 0.25) is 0 Å². The molecule has 7 nitrogen and oxygen atoms in total. The molecule has 1 aromatic heterocycles. The predicted octanol–water partition coefficient (Wildman–Crippen LogP) is 1.62. The van der Waals surface area contributed by atoms with E-state index in [1.807, 2.05) is 0 Å². The fourth-order valence-corrected chi connectivity index (χ4v) is 2.53. The predicted molar refractivity (Wildman–Crippen MR) is 74.2 cm³/mol. The lowest BCUT2D eigenvalue weighted by molar-refractivity contribution is -0.385. The van der Waals surface area contributed by atoms with Crippen LogP contribution in [0.4, 0.5) is 11.5 Å². The third kappa shape index (κ3) is 3.36. The Bertz CT molecular complexity index is 505. The van der Waals surface area contributed by atoms with Gasteiger partial charge in [0.25, 0.3) is 5.69 Å². The largest absolute Gasteiger partial charge is 0.388 e. The van der Waals surface area contributed by atoms with Gasteiger partial charge in [-0.25, -0.2) is 4.98 Å². The fourth-order valence-electron chi connectivity index (χ4n) is 2.23. The van der Waals surface area contributed by atoms with Crippen molar-refractivity contribution in [1.82, 2.24) is 4.98 Å². The molecule has 0 unspecified atom stereocenters. The van der Waals surface area contributed by atoms with E-state index in [2.05, 4.69) is 4.98 Å². The number of pyridine rings is 1. The van der Waals surface area contributed by atoms with Crippen LogP contribution in [0.3, 0.4) is 0 Å². The Morgan fingerprint density at radius 3 is 2.80 bits per heavy atom. The summed E-state index contributed by atoms with van der Waals surface area (Å²) in [5.41, 5.74) is -1.00. The summed E-state index contributed by atoms with van der Waals surface area (Å²) in [6.45, 7) is 1.39. The molecule has 1 aliphatic heterocycles. The first-order chi connectivity index (χ1) is 9.41. The van der Waals surface area contributed by atoms with Crippen molar-refractivity contribution >= 4 is 23.1 Å². The highest BCUT2D eigenvalue weighted by atomic mass is 35.5. The maximum Gasteiger partial charge on any atom is 0.289 e. The summed E-state index contributed by atoms with van der Waals surface area (Å²) in [6, 6.07) is 1.26. The van der Waals surface area contributed by atoms with Crippen LogP contribution in [-0.2, 0) is 4.74 Å². The van der Waals surface area contributed by atoms with Gasteiger partial charge < -0.3 is 14.7 Å². The lowest BCUT2D eigenvalue weighted by Gasteiger charge is -2.35. The van der Waals surface area contributed by atoms with Gasteiger partial charge >= 0.3 is 0 Å². The zero-order valence-corrected chi connectivity index (χ0v) is 11.8. The summed E-state index contributed by atoms with van der Waals surface area (Å²) in [4.78, 5) is 15.8. The van der Waals surface area contributed by atoms with Crippen LogP contribution >= 0.6 is 11.6 Å². The van der Waals surface area contributed by atoms with Crippen molar-refractivity contribution in [2.24, 2.45) is 0 Å². The number of rotatable bonds is 4. The normalized spacial score (nSPS) is 17.8. The lowest BCUT2D eigenvalue weighted by Crippen LogP contribution is -2.46. The van der Waals surface area contributed by atoms with Gasteiger partial charge in [0.05, 0.1) is 15.5 Å². The van der Waals surface area contributed by atoms with Crippen molar-refractivity contribution in [1.29, 1.82) is 0 Å². The average Bonchev–Trinajstić information content (AvgIpc) is 2.38. The smallest absolute Gasteiger partial charge is 0.289 e. The third-order valence-corrected chi connectivity index (χ3v) is 3.61. The average molecular weight is 302 g/mol. The monoisotopic (exact) mass is 301 g/mol. The molecular formula is C12H16ClN3O4. The van der Waals surface area contributed by atoms with Crippen LogP contribution in [0.15, 0.2) is 12.3 Å². The molecule has 0 bridgehead atoms. The van der Waals surface area contributed by atoms with Gasteiger partial charge in [-0.15, -0.1) is 0 Å². The van der Waals surface area contributed by atoms with Gasteiger partial charge in [0.1, 0.15) is 12.0 Å². The van der Waals surface area contributed by atoms with Crippen molar-refractivity contribution in [3.8, 4) is 0 Å². The van der Waals surface area contributed by atoms with Crippen LogP contribution in [0.5, 0.6) is 0 Å². The summed E-state index contributed by atoms with van der Waals surface area (Å²) in [7, 11) is 1.74. The molecule has 2 rings (SSSR count). The summed E-state index contributed by atoms with van der Waals surface area (Å²) < 4.78 is 5.22. The van der Waals surface area contributed by atoms with Crippen molar-refractivity contribution in [2.45, 2.75) is 18.4 Å². The Morgan fingerprint density at radius 1 is 1.60 bits per heavy atom. The second-order valence-corrected chi connectivity index (χ2v) is 5.36. The first kappa shape index (κ1) is 15.0. The number of hydrogen-bond acceptors (Lipinski definition) is 6. The summed E-state index contributed by atoms with van der Waals surface area (Å²) in [6.07, 6.45) is 2.25. The molecule has 1 N–H and O–H groups in total. The summed E-state index contributed by atoms with van der Waals surface area (Å²) in [5.74, 6) is 0.414. The van der Waals surface area contributed by atoms with Crippen LogP contribution < -0.4 is 4.90 Å². The highest BCUT2D eigenvalue weighted by Crippen LogP contribution is 2.29. The van der Waals surface area contributed by atoms with Gasteiger partial charge in [-0.1, -0.05) is 11.6 Å². The molecule has 2 heterocycles. The molecule has 0 saturated carbocycles. The van der Waals surface area contributed by atoms with E-state index in [1.165, 1.54) is 6.07 Å². The van der Waals surface area contributed by atoms with Crippen molar-refractivity contribution < 1.29 is 14.8 Å². The van der Waals surface area contributed by atoms with Gasteiger partial charge in [-0.3, -0.25) is 10.1 Å². The Kier molecular flexibility index (Phi) is 4.42. The number of nitrogens with zero attached hydrogens (tertiary/aromatic N) is 3. The van der Waals surface area contributed by atoms with E-state index in [9.17, 15) is 15.2 Å². The number of nitro groups is 1. The SMILES string of the molecule is CN(CC1(O)CCOCC1)c1ncc([N+](=O)[O-])cc1Cl. The molecule has 0 amide bonds. The quantitative estimate of drug-likeness (QED) is 0.671. The van der Waals surface area contributed by atoms with E-state index in [1.54, 1.807) is 11.9 Å². The van der Waals surface area contributed by atoms with Crippen molar-refractivity contribution in [2.75, 3.05) is 31.7 Å². The van der Waals surface area contributed by atoms with E-state index in [-0.39, 0.29) is 10.7 Å². The van der Waals surface area contributed by atoms with Crippen LogP contribution in [0.2, 0.25) is 5.02 Å². The van der Waals surface area contributed by atoms with Gasteiger partial charge in [0.15, 0.2) is 0 Å². The minimum absolute atomic E-state index is 0.156.